The van der Waals surface area contributed by atoms with Crippen LogP contribution in [-0.4, -0.2) is 10.6 Å². The van der Waals surface area contributed by atoms with Crippen LogP contribution < -0.4 is 0 Å². The van der Waals surface area contributed by atoms with E-state index in [0.29, 0.717) is 0 Å². The molecule has 82 valence electrons. The molecule has 0 aliphatic heterocycles. The van der Waals surface area contributed by atoms with E-state index in [1.165, 1.54) is 44.3 Å². The Bertz CT molecular complexity index is 183. The van der Waals surface area contributed by atoms with Gasteiger partial charge in [-0.25, -0.2) is 0 Å². The number of hydrogen-bond acceptors (Lipinski definition) is 1. The van der Waals surface area contributed by atoms with Gasteiger partial charge in [-0.1, -0.05) is 13.8 Å². The van der Waals surface area contributed by atoms with Crippen molar-refractivity contribution in [1.82, 2.24) is 0 Å². The van der Waals surface area contributed by atoms with Crippen molar-refractivity contribution in [3.05, 3.63) is 19.2 Å². The van der Waals surface area contributed by atoms with Gasteiger partial charge in [0.1, 0.15) is 0 Å². The summed E-state index contributed by atoms with van der Waals surface area (Å²) in [6.45, 7) is 4.00. The van der Waals surface area contributed by atoms with Crippen molar-refractivity contribution in [2.45, 2.75) is 46.0 Å². The van der Waals surface area contributed by atoms with E-state index in [4.69, 9.17) is 0 Å². The van der Waals surface area contributed by atoms with Crippen LogP contribution in [0, 0.1) is 13.5 Å². The van der Waals surface area contributed by atoms with Crippen molar-refractivity contribution in [3.8, 4) is 0 Å². The molecule has 0 radical (unpaired) electrons. The summed E-state index contributed by atoms with van der Waals surface area (Å²) >= 11 is 1.46. The molecule has 0 amide bonds. The summed E-state index contributed by atoms with van der Waals surface area (Å²) in [4.78, 5) is 4.31. The summed E-state index contributed by atoms with van der Waals surface area (Å²) in [5.41, 5.74) is 1.17. The Balaban J connectivity index is 0. The molecule has 0 N–H and O–H groups in total. The van der Waals surface area contributed by atoms with Crippen LogP contribution in [0.4, 0.5) is 0 Å². The van der Waals surface area contributed by atoms with Crippen molar-refractivity contribution in [2.75, 3.05) is 0 Å². The van der Waals surface area contributed by atoms with Crippen LogP contribution in [0.1, 0.15) is 46.0 Å². The third kappa shape index (κ3) is 8.56. The number of aliphatic imine (C=N–C) groups is 1. The Hall–Kier alpha value is -0.0317. The van der Waals surface area contributed by atoms with Gasteiger partial charge in [0.15, 0.2) is 0 Å². The van der Waals surface area contributed by atoms with E-state index in [-0.39, 0.29) is 7.43 Å². The summed E-state index contributed by atoms with van der Waals surface area (Å²) in [7, 11) is 0. The van der Waals surface area contributed by atoms with Gasteiger partial charge in [0.25, 0.3) is 0 Å². The molecule has 0 aromatic rings. The number of nitrogens with zero attached hydrogens (tertiary/aromatic N) is 1. The summed E-state index contributed by atoms with van der Waals surface area (Å²) in [6, 6.07) is 0. The minimum absolute atomic E-state index is 0. The van der Waals surface area contributed by atoms with Gasteiger partial charge in [-0.05, 0) is 0 Å². The Morgan fingerprint density at radius 3 is 2.64 bits per heavy atom. The second-order valence-electron chi connectivity index (χ2n) is 2.60. The third-order valence-corrected chi connectivity index (χ3v) is 2.15. The molecule has 1 aliphatic carbocycles. The first-order chi connectivity index (χ1) is 6.43. The molecule has 0 unspecified atom stereocenters. The molecule has 0 aromatic heterocycles. The van der Waals surface area contributed by atoms with E-state index in [1.807, 2.05) is 24.5 Å². The average molecular weight is 363 g/mol. The summed E-state index contributed by atoms with van der Waals surface area (Å²) in [6.07, 6.45) is 11.4. The SMILES string of the molecule is CC.[CH3-].[W]=[CH]C=NC1=[C-]CCCCC1. The fourth-order valence-corrected chi connectivity index (χ4v) is 1.36. The zero-order valence-corrected chi connectivity index (χ0v) is 12.5. The van der Waals surface area contributed by atoms with Crippen molar-refractivity contribution < 1.29 is 19.4 Å². The van der Waals surface area contributed by atoms with Crippen LogP contribution in [0.25, 0.3) is 0 Å². The zero-order chi connectivity index (χ0) is 9.94. The monoisotopic (exact) mass is 363 g/mol. The Morgan fingerprint density at radius 2 is 2.00 bits per heavy atom. The Kier molecular flexibility index (Phi) is 15.2. The van der Waals surface area contributed by atoms with Gasteiger partial charge in [-0.3, -0.25) is 0 Å². The van der Waals surface area contributed by atoms with E-state index >= 15 is 0 Å². The van der Waals surface area contributed by atoms with Crippen molar-refractivity contribution in [2.24, 2.45) is 4.99 Å². The van der Waals surface area contributed by atoms with Gasteiger partial charge in [0, 0.05) is 0 Å². The quantitative estimate of drug-likeness (QED) is 0.526. The maximum atomic E-state index is 4.31. The second-order valence-corrected chi connectivity index (χ2v) is 3.58. The Morgan fingerprint density at radius 1 is 1.29 bits per heavy atom. The molecule has 1 rings (SSSR count). The molecule has 1 nitrogen and oxygen atoms in total. The van der Waals surface area contributed by atoms with Crippen molar-refractivity contribution in [1.29, 1.82) is 0 Å². The van der Waals surface area contributed by atoms with Gasteiger partial charge in [0.05, 0.1) is 0 Å². The van der Waals surface area contributed by atoms with E-state index in [2.05, 4.69) is 11.1 Å². The van der Waals surface area contributed by atoms with Gasteiger partial charge in [-0.15, -0.1) is 0 Å². The first-order valence-corrected chi connectivity index (χ1v) is 6.70. The summed E-state index contributed by atoms with van der Waals surface area (Å²) < 4.78 is 2.04. The maximum absolute atomic E-state index is 4.31. The molecule has 0 atom stereocenters. The first kappa shape index (κ1) is 16.4. The topological polar surface area (TPSA) is 12.4 Å². The van der Waals surface area contributed by atoms with Crippen LogP contribution in [0.5, 0.6) is 0 Å². The second kappa shape index (κ2) is 13.0. The third-order valence-electron chi connectivity index (χ3n) is 1.71. The normalized spacial score (nSPS) is 15.7. The van der Waals surface area contributed by atoms with Crippen molar-refractivity contribution in [3.63, 3.8) is 0 Å². The standard InChI is InChI=1S/C9H12N.C2H6.CH3.W/c1-2-10-9-7-5-3-4-6-8-9;1-2;;/h1-2H,3-7H2;1-2H3;1H3;/q-1;;-1;. The van der Waals surface area contributed by atoms with Gasteiger partial charge < -0.3 is 7.43 Å². The molecule has 2 heteroatoms. The van der Waals surface area contributed by atoms with Crippen LogP contribution in [0.3, 0.4) is 0 Å². The number of allylic oxidation sites excluding steroid dienone is 2. The van der Waals surface area contributed by atoms with E-state index in [0.717, 1.165) is 12.8 Å². The van der Waals surface area contributed by atoms with Gasteiger partial charge >= 0.3 is 78.8 Å². The molecular formula is C12H21NW-2. The Labute approximate surface area is 100 Å². The molecule has 14 heavy (non-hydrogen) atoms. The van der Waals surface area contributed by atoms with Crippen molar-refractivity contribution >= 4 is 10.6 Å². The van der Waals surface area contributed by atoms with E-state index in [1.54, 1.807) is 0 Å². The van der Waals surface area contributed by atoms with E-state index in [9.17, 15) is 0 Å². The molecular weight excluding hydrogens is 342 g/mol. The van der Waals surface area contributed by atoms with Crippen LogP contribution in [0.15, 0.2) is 10.7 Å². The molecule has 0 spiro atoms. The number of rotatable bonds is 2. The predicted octanol–water partition coefficient (Wildman–Crippen LogP) is 3.53. The molecule has 0 heterocycles. The summed E-state index contributed by atoms with van der Waals surface area (Å²) in [5.74, 6) is 0. The zero-order valence-electron chi connectivity index (χ0n) is 9.55. The van der Waals surface area contributed by atoms with Gasteiger partial charge in [0.2, 0.25) is 0 Å². The first-order valence-electron chi connectivity index (χ1n) is 5.01. The van der Waals surface area contributed by atoms with E-state index < -0.39 is 0 Å². The molecule has 0 bridgehead atoms. The average Bonchev–Trinajstić information content (AvgIpc) is 2.46. The molecule has 0 fully saturated rings. The molecule has 1 aliphatic rings. The predicted molar refractivity (Wildman–Crippen MR) is 62.2 cm³/mol. The van der Waals surface area contributed by atoms with Gasteiger partial charge in [-0.2, -0.15) is 0 Å². The molecule has 0 aromatic carbocycles. The fourth-order valence-electron chi connectivity index (χ4n) is 1.15. The molecule has 0 saturated heterocycles. The minimum atomic E-state index is 0. The fraction of sp³-hybridized carbons (Fsp3) is 0.583. The van der Waals surface area contributed by atoms with Crippen LogP contribution in [-0.2, 0) is 19.4 Å². The number of hydrogen-bond donors (Lipinski definition) is 0. The molecule has 0 saturated carbocycles. The summed E-state index contributed by atoms with van der Waals surface area (Å²) in [5, 5.41) is 0. The van der Waals surface area contributed by atoms with Crippen LogP contribution >= 0.6 is 0 Å². The van der Waals surface area contributed by atoms with Crippen LogP contribution in [0.2, 0.25) is 0 Å².